The van der Waals surface area contributed by atoms with Gasteiger partial charge in [0.05, 0.1) is 5.69 Å². The zero-order valence-corrected chi connectivity index (χ0v) is 9.88. The van der Waals surface area contributed by atoms with Crippen molar-refractivity contribution in [3.63, 3.8) is 0 Å². The zero-order valence-electron chi connectivity index (χ0n) is 9.13. The normalized spacial score (nSPS) is 10.7. The van der Waals surface area contributed by atoms with Crippen molar-refractivity contribution in [1.82, 2.24) is 10.2 Å². The number of nitrogens with two attached hydrogens (primary N) is 1. The van der Waals surface area contributed by atoms with Gasteiger partial charge in [0.15, 0.2) is 0 Å². The van der Waals surface area contributed by atoms with Crippen molar-refractivity contribution in [3.05, 3.63) is 40.5 Å². The molecule has 0 aliphatic carbocycles. The number of hydrogen-bond acceptors (Lipinski definition) is 2. The Morgan fingerprint density at radius 2 is 2.19 bits per heavy atom. The maximum atomic E-state index is 5.98. The molecular formula is C12H14ClN3. The first-order chi connectivity index (χ1) is 7.70. The number of aryl methyl sites for hydroxylation is 1. The summed E-state index contributed by atoms with van der Waals surface area (Å²) in [4.78, 5) is 0. The van der Waals surface area contributed by atoms with Gasteiger partial charge in [0.25, 0.3) is 0 Å². The number of H-pyrrole nitrogens is 1. The smallest absolute Gasteiger partial charge is 0.0923 e. The van der Waals surface area contributed by atoms with Crippen LogP contribution in [0.1, 0.15) is 11.3 Å². The summed E-state index contributed by atoms with van der Waals surface area (Å²) in [5.41, 5.74) is 9.61. The van der Waals surface area contributed by atoms with Crippen LogP contribution < -0.4 is 5.73 Å². The Morgan fingerprint density at radius 3 is 2.88 bits per heavy atom. The fourth-order valence-electron chi connectivity index (χ4n) is 1.60. The lowest BCUT2D eigenvalue weighted by Crippen LogP contribution is -2.02. The molecule has 0 atom stereocenters. The lowest BCUT2D eigenvalue weighted by atomic mass is 10.1. The molecular weight excluding hydrogens is 222 g/mol. The predicted octanol–water partition coefficient (Wildman–Crippen LogP) is 2.54. The maximum absolute atomic E-state index is 5.98. The van der Waals surface area contributed by atoms with Crippen molar-refractivity contribution in [2.24, 2.45) is 5.73 Å². The van der Waals surface area contributed by atoms with Crippen molar-refractivity contribution in [3.8, 4) is 11.3 Å². The molecule has 0 aliphatic heterocycles. The van der Waals surface area contributed by atoms with Gasteiger partial charge in [0.1, 0.15) is 0 Å². The van der Waals surface area contributed by atoms with E-state index in [0.717, 1.165) is 34.0 Å². The first kappa shape index (κ1) is 11.2. The van der Waals surface area contributed by atoms with Gasteiger partial charge in [-0.15, -0.1) is 0 Å². The molecule has 0 unspecified atom stereocenters. The number of rotatable bonds is 3. The highest BCUT2D eigenvalue weighted by atomic mass is 35.5. The van der Waals surface area contributed by atoms with E-state index in [1.54, 1.807) is 0 Å². The van der Waals surface area contributed by atoms with Crippen molar-refractivity contribution < 1.29 is 0 Å². The van der Waals surface area contributed by atoms with Gasteiger partial charge < -0.3 is 5.73 Å². The van der Waals surface area contributed by atoms with Gasteiger partial charge in [0.2, 0.25) is 0 Å². The average molecular weight is 236 g/mol. The fraction of sp³-hybridized carbons (Fsp3) is 0.250. The fourth-order valence-corrected chi connectivity index (χ4v) is 1.71. The minimum absolute atomic E-state index is 0.626. The molecule has 1 aromatic heterocycles. The van der Waals surface area contributed by atoms with Gasteiger partial charge >= 0.3 is 0 Å². The number of nitrogens with one attached hydrogen (secondary N) is 1. The lowest BCUT2D eigenvalue weighted by Gasteiger charge is -2.00. The molecule has 84 valence electrons. The summed E-state index contributed by atoms with van der Waals surface area (Å²) >= 11 is 5.98. The summed E-state index contributed by atoms with van der Waals surface area (Å²) in [7, 11) is 0. The molecule has 0 amide bonds. The van der Waals surface area contributed by atoms with Crippen LogP contribution in [0.15, 0.2) is 24.3 Å². The molecule has 0 saturated heterocycles. The number of halogens is 1. The molecule has 3 N–H and O–H groups in total. The van der Waals surface area contributed by atoms with Crippen LogP contribution in [0.3, 0.4) is 0 Å². The van der Waals surface area contributed by atoms with Gasteiger partial charge in [0, 0.05) is 22.7 Å². The third kappa shape index (κ3) is 2.26. The molecule has 0 aliphatic rings. The third-order valence-electron chi connectivity index (χ3n) is 2.50. The highest BCUT2D eigenvalue weighted by molar-refractivity contribution is 6.31. The van der Waals surface area contributed by atoms with Crippen LogP contribution in [-0.2, 0) is 6.42 Å². The second-order valence-corrected chi connectivity index (χ2v) is 4.19. The van der Waals surface area contributed by atoms with Gasteiger partial charge in [-0.3, -0.25) is 5.10 Å². The molecule has 0 fully saturated rings. The van der Waals surface area contributed by atoms with E-state index in [1.165, 1.54) is 0 Å². The van der Waals surface area contributed by atoms with Gasteiger partial charge in [-0.2, -0.15) is 5.10 Å². The summed E-state index contributed by atoms with van der Waals surface area (Å²) < 4.78 is 0. The quantitative estimate of drug-likeness (QED) is 0.859. The summed E-state index contributed by atoms with van der Waals surface area (Å²) in [6.07, 6.45) is 0.819. The maximum Gasteiger partial charge on any atom is 0.0923 e. The van der Waals surface area contributed by atoms with Crippen LogP contribution in [0.4, 0.5) is 0 Å². The molecule has 2 aromatic rings. The highest BCUT2D eigenvalue weighted by Gasteiger charge is 2.05. The monoisotopic (exact) mass is 235 g/mol. The van der Waals surface area contributed by atoms with E-state index >= 15 is 0 Å². The van der Waals surface area contributed by atoms with E-state index in [9.17, 15) is 0 Å². The summed E-state index contributed by atoms with van der Waals surface area (Å²) in [6, 6.07) is 7.92. The number of hydrogen-bond donors (Lipinski definition) is 2. The lowest BCUT2D eigenvalue weighted by molar-refractivity contribution is 0.902. The van der Waals surface area contributed by atoms with Crippen LogP contribution in [0, 0.1) is 6.92 Å². The van der Waals surface area contributed by atoms with Gasteiger partial charge in [-0.05, 0) is 37.2 Å². The van der Waals surface area contributed by atoms with E-state index < -0.39 is 0 Å². The van der Waals surface area contributed by atoms with Crippen LogP contribution >= 0.6 is 11.6 Å². The topological polar surface area (TPSA) is 54.7 Å². The van der Waals surface area contributed by atoms with E-state index in [-0.39, 0.29) is 0 Å². The average Bonchev–Trinajstić information content (AvgIpc) is 2.71. The molecule has 0 bridgehead atoms. The Kier molecular flexibility index (Phi) is 3.27. The second kappa shape index (κ2) is 4.68. The Balaban J connectivity index is 2.31. The van der Waals surface area contributed by atoms with E-state index in [2.05, 4.69) is 10.2 Å². The minimum atomic E-state index is 0.626. The minimum Gasteiger partial charge on any atom is -0.330 e. The van der Waals surface area contributed by atoms with Crippen molar-refractivity contribution in [2.75, 3.05) is 6.54 Å². The second-order valence-electron chi connectivity index (χ2n) is 3.78. The largest absolute Gasteiger partial charge is 0.330 e. The number of aromatic amines is 1. The predicted molar refractivity (Wildman–Crippen MR) is 66.5 cm³/mol. The Bertz CT molecular complexity index is 491. The Labute approximate surface area is 99.6 Å². The molecule has 3 nitrogen and oxygen atoms in total. The zero-order chi connectivity index (χ0) is 11.5. The number of nitrogens with zero attached hydrogens (tertiary/aromatic N) is 1. The van der Waals surface area contributed by atoms with Crippen molar-refractivity contribution >= 4 is 11.6 Å². The highest BCUT2D eigenvalue weighted by Crippen LogP contribution is 2.23. The van der Waals surface area contributed by atoms with Crippen molar-refractivity contribution in [2.45, 2.75) is 13.3 Å². The first-order valence-electron chi connectivity index (χ1n) is 5.21. The number of aromatic nitrogens is 2. The molecule has 1 heterocycles. The molecule has 0 radical (unpaired) electrons. The van der Waals surface area contributed by atoms with Crippen LogP contribution in [0.25, 0.3) is 11.3 Å². The molecule has 0 saturated carbocycles. The Hall–Kier alpha value is -1.32. The molecule has 2 rings (SSSR count). The summed E-state index contributed by atoms with van der Waals surface area (Å²) in [6.45, 7) is 2.61. The molecule has 4 heteroatoms. The van der Waals surface area contributed by atoms with E-state index in [4.69, 9.17) is 17.3 Å². The van der Waals surface area contributed by atoms with Crippen LogP contribution in [0.2, 0.25) is 5.02 Å². The molecule has 0 spiro atoms. The number of benzene rings is 1. The standard InChI is InChI=1S/C12H14ClN3/c1-8-6-9(2-3-11(8)13)12-7-10(4-5-14)15-16-12/h2-3,6-7H,4-5,14H2,1H3,(H,15,16). The van der Waals surface area contributed by atoms with Crippen LogP contribution in [0.5, 0.6) is 0 Å². The van der Waals surface area contributed by atoms with Gasteiger partial charge in [-0.25, -0.2) is 0 Å². The third-order valence-corrected chi connectivity index (χ3v) is 2.92. The Morgan fingerprint density at radius 1 is 1.38 bits per heavy atom. The molecule has 16 heavy (non-hydrogen) atoms. The SMILES string of the molecule is Cc1cc(-c2cc(CCN)[nH]n2)ccc1Cl. The summed E-state index contributed by atoms with van der Waals surface area (Å²) in [5.74, 6) is 0. The van der Waals surface area contributed by atoms with E-state index in [0.29, 0.717) is 6.54 Å². The van der Waals surface area contributed by atoms with Gasteiger partial charge in [-0.1, -0.05) is 17.7 Å². The van der Waals surface area contributed by atoms with E-state index in [1.807, 2.05) is 31.2 Å². The van der Waals surface area contributed by atoms with Crippen LogP contribution in [-0.4, -0.2) is 16.7 Å². The first-order valence-corrected chi connectivity index (χ1v) is 5.59. The molecule has 1 aromatic carbocycles. The summed E-state index contributed by atoms with van der Waals surface area (Å²) in [5, 5.41) is 8.01. The van der Waals surface area contributed by atoms with Crippen molar-refractivity contribution in [1.29, 1.82) is 0 Å².